The Hall–Kier alpha value is -1.28. The van der Waals surface area contributed by atoms with Gasteiger partial charge in [-0.15, -0.1) is 0 Å². The van der Waals surface area contributed by atoms with E-state index in [0.29, 0.717) is 11.4 Å². The highest BCUT2D eigenvalue weighted by Gasteiger charge is 2.58. The van der Waals surface area contributed by atoms with Crippen molar-refractivity contribution in [1.29, 1.82) is 0 Å². The lowest BCUT2D eigenvalue weighted by Gasteiger charge is -2.28. The number of carboxylic acid groups (broad SMARTS) is 1. The van der Waals surface area contributed by atoms with E-state index in [9.17, 15) is 22.8 Å². The zero-order chi connectivity index (χ0) is 15.7. The molecular formula is C11H8BrClF3NO3. The standard InChI is InChI=1S/C11H8BrClF3NO3/c1-10(9(19)20,11(14,15)16)17-8(18)6-4-5(12)2-3-7(6)13/h2-4H,1H3,(H,17,18)(H,19,20). The number of hydrogen-bond donors (Lipinski definition) is 2. The van der Waals surface area contributed by atoms with Crippen LogP contribution in [0.5, 0.6) is 0 Å². The zero-order valence-electron chi connectivity index (χ0n) is 9.89. The quantitative estimate of drug-likeness (QED) is 0.854. The third kappa shape index (κ3) is 3.24. The molecule has 1 amide bonds. The Kier molecular flexibility index (Phi) is 4.70. The van der Waals surface area contributed by atoms with Gasteiger partial charge in [-0.1, -0.05) is 27.5 Å². The smallest absolute Gasteiger partial charge is 0.422 e. The first-order valence-electron chi connectivity index (χ1n) is 5.06. The lowest BCUT2D eigenvalue weighted by molar-refractivity contribution is -0.203. The first-order chi connectivity index (χ1) is 8.99. The molecule has 9 heteroatoms. The molecule has 1 aromatic rings. The van der Waals surface area contributed by atoms with Crippen molar-refractivity contribution in [2.75, 3.05) is 0 Å². The van der Waals surface area contributed by atoms with E-state index < -0.39 is 23.6 Å². The molecule has 0 saturated carbocycles. The summed E-state index contributed by atoms with van der Waals surface area (Å²) in [5, 5.41) is 10.1. The van der Waals surface area contributed by atoms with Crippen LogP contribution in [0.2, 0.25) is 5.02 Å². The predicted octanol–water partition coefficient (Wildman–Crippen LogP) is 3.24. The normalized spacial score (nSPS) is 14.5. The van der Waals surface area contributed by atoms with Gasteiger partial charge in [0.25, 0.3) is 5.91 Å². The summed E-state index contributed by atoms with van der Waals surface area (Å²) >= 11 is 8.74. The summed E-state index contributed by atoms with van der Waals surface area (Å²) in [6, 6.07) is 3.97. The number of nitrogens with one attached hydrogen (secondary N) is 1. The summed E-state index contributed by atoms with van der Waals surface area (Å²) in [5.41, 5.74) is -3.67. The molecule has 0 bridgehead atoms. The molecule has 110 valence electrons. The molecule has 0 aliphatic rings. The second kappa shape index (κ2) is 5.61. The fourth-order valence-corrected chi connectivity index (χ4v) is 1.78. The van der Waals surface area contributed by atoms with Gasteiger partial charge in [0.15, 0.2) is 0 Å². The molecule has 1 atom stereocenters. The molecule has 0 fully saturated rings. The summed E-state index contributed by atoms with van der Waals surface area (Å²) in [5.74, 6) is -3.46. The highest BCUT2D eigenvalue weighted by atomic mass is 79.9. The summed E-state index contributed by atoms with van der Waals surface area (Å²) < 4.78 is 38.7. The van der Waals surface area contributed by atoms with Crippen LogP contribution in [0.15, 0.2) is 22.7 Å². The monoisotopic (exact) mass is 373 g/mol. The maximum Gasteiger partial charge on any atom is 0.422 e. The van der Waals surface area contributed by atoms with E-state index in [1.807, 2.05) is 0 Å². The maximum absolute atomic E-state index is 12.8. The summed E-state index contributed by atoms with van der Waals surface area (Å²) in [6.07, 6.45) is -5.16. The average molecular weight is 375 g/mol. The van der Waals surface area contributed by atoms with Gasteiger partial charge in [0.05, 0.1) is 10.6 Å². The number of carboxylic acids is 1. The molecule has 0 aromatic heterocycles. The van der Waals surface area contributed by atoms with E-state index in [4.69, 9.17) is 16.7 Å². The van der Waals surface area contributed by atoms with Crippen LogP contribution in [0.1, 0.15) is 17.3 Å². The molecule has 0 saturated heterocycles. The first-order valence-corrected chi connectivity index (χ1v) is 6.24. The third-order valence-electron chi connectivity index (χ3n) is 2.53. The molecule has 0 aliphatic heterocycles. The van der Waals surface area contributed by atoms with Gasteiger partial charge in [-0.3, -0.25) is 4.79 Å². The summed E-state index contributed by atoms with van der Waals surface area (Å²) in [6.45, 7) is 0.360. The molecule has 2 N–H and O–H groups in total. The van der Waals surface area contributed by atoms with Gasteiger partial charge in [-0.2, -0.15) is 13.2 Å². The van der Waals surface area contributed by atoms with Gasteiger partial charge in [0.2, 0.25) is 5.54 Å². The molecular weight excluding hydrogens is 366 g/mol. The summed E-state index contributed by atoms with van der Waals surface area (Å²) in [7, 11) is 0. The lowest BCUT2D eigenvalue weighted by atomic mass is 10.0. The number of halogens is 5. The Bertz CT molecular complexity index is 564. The Morgan fingerprint density at radius 3 is 2.35 bits per heavy atom. The number of amides is 1. The number of benzene rings is 1. The number of alkyl halides is 3. The van der Waals surface area contributed by atoms with Crippen molar-refractivity contribution < 1.29 is 27.9 Å². The van der Waals surface area contributed by atoms with Gasteiger partial charge >= 0.3 is 12.1 Å². The van der Waals surface area contributed by atoms with E-state index in [2.05, 4.69) is 15.9 Å². The Morgan fingerprint density at radius 1 is 1.35 bits per heavy atom. The van der Waals surface area contributed by atoms with Crippen LogP contribution >= 0.6 is 27.5 Å². The first kappa shape index (κ1) is 16.8. The van der Waals surface area contributed by atoms with E-state index in [1.54, 1.807) is 0 Å². The second-order valence-corrected chi connectivity index (χ2v) is 5.33. The fourth-order valence-electron chi connectivity index (χ4n) is 1.21. The van der Waals surface area contributed by atoms with Gasteiger partial charge in [-0.05, 0) is 25.1 Å². The van der Waals surface area contributed by atoms with Gasteiger partial charge in [-0.25, -0.2) is 4.79 Å². The number of carbonyl (C=O) groups excluding carboxylic acids is 1. The molecule has 0 aliphatic carbocycles. The molecule has 0 heterocycles. The van der Waals surface area contributed by atoms with Crippen molar-refractivity contribution >= 4 is 39.4 Å². The largest absolute Gasteiger partial charge is 0.479 e. The number of hydrogen-bond acceptors (Lipinski definition) is 2. The molecule has 1 rings (SSSR count). The van der Waals surface area contributed by atoms with E-state index in [-0.39, 0.29) is 10.6 Å². The molecule has 1 aromatic carbocycles. The molecule has 4 nitrogen and oxygen atoms in total. The van der Waals surface area contributed by atoms with E-state index >= 15 is 0 Å². The van der Waals surface area contributed by atoms with Crippen LogP contribution in [0.3, 0.4) is 0 Å². The number of rotatable bonds is 3. The topological polar surface area (TPSA) is 66.4 Å². The van der Waals surface area contributed by atoms with Crippen molar-refractivity contribution in [2.24, 2.45) is 0 Å². The second-order valence-electron chi connectivity index (χ2n) is 4.01. The van der Waals surface area contributed by atoms with Gasteiger partial charge in [0, 0.05) is 4.47 Å². The molecule has 0 spiro atoms. The summed E-state index contributed by atoms with van der Waals surface area (Å²) in [4.78, 5) is 22.6. The number of aliphatic carboxylic acids is 1. The predicted molar refractivity (Wildman–Crippen MR) is 68.7 cm³/mol. The van der Waals surface area contributed by atoms with Crippen molar-refractivity contribution in [3.8, 4) is 0 Å². The third-order valence-corrected chi connectivity index (χ3v) is 3.35. The van der Waals surface area contributed by atoms with Gasteiger partial charge in [0.1, 0.15) is 0 Å². The van der Waals surface area contributed by atoms with Crippen LogP contribution in [-0.4, -0.2) is 28.7 Å². The Balaban J connectivity index is 3.16. The zero-order valence-corrected chi connectivity index (χ0v) is 12.2. The van der Waals surface area contributed by atoms with Crippen molar-refractivity contribution in [3.05, 3.63) is 33.3 Å². The van der Waals surface area contributed by atoms with Crippen molar-refractivity contribution in [3.63, 3.8) is 0 Å². The molecule has 20 heavy (non-hydrogen) atoms. The SMILES string of the molecule is CC(NC(=O)c1cc(Br)ccc1Cl)(C(=O)O)C(F)(F)F. The van der Waals surface area contributed by atoms with Crippen LogP contribution in [0.25, 0.3) is 0 Å². The average Bonchev–Trinajstić information content (AvgIpc) is 2.30. The van der Waals surface area contributed by atoms with Crippen LogP contribution in [0, 0.1) is 0 Å². The van der Waals surface area contributed by atoms with Crippen molar-refractivity contribution in [1.82, 2.24) is 5.32 Å². The highest BCUT2D eigenvalue weighted by Crippen LogP contribution is 2.31. The minimum atomic E-state index is -5.16. The van der Waals surface area contributed by atoms with E-state index in [1.165, 1.54) is 23.5 Å². The fraction of sp³-hybridized carbons (Fsp3) is 0.273. The van der Waals surface area contributed by atoms with Gasteiger partial charge < -0.3 is 10.4 Å². The van der Waals surface area contributed by atoms with E-state index in [0.717, 1.165) is 0 Å². The van der Waals surface area contributed by atoms with Crippen molar-refractivity contribution in [2.45, 2.75) is 18.6 Å². The number of carbonyl (C=O) groups is 2. The molecule has 1 unspecified atom stereocenters. The lowest BCUT2D eigenvalue weighted by Crippen LogP contribution is -2.61. The maximum atomic E-state index is 12.8. The van der Waals surface area contributed by atoms with Crippen LogP contribution in [0.4, 0.5) is 13.2 Å². The Labute approximate surface area is 125 Å². The minimum absolute atomic E-state index is 0.0967. The highest BCUT2D eigenvalue weighted by molar-refractivity contribution is 9.10. The molecule has 0 radical (unpaired) electrons. The van der Waals surface area contributed by atoms with Crippen LogP contribution in [-0.2, 0) is 4.79 Å². The minimum Gasteiger partial charge on any atom is -0.479 e. The Morgan fingerprint density at radius 2 is 1.90 bits per heavy atom. The van der Waals surface area contributed by atoms with Crippen LogP contribution < -0.4 is 5.32 Å².